The zero-order valence-corrected chi connectivity index (χ0v) is 20.8. The summed E-state index contributed by atoms with van der Waals surface area (Å²) in [7, 11) is -3.96. The Morgan fingerprint density at radius 2 is 1.82 bits per heavy atom. The molecule has 4 rings (SSSR count). The van der Waals surface area contributed by atoms with E-state index in [4.69, 9.17) is 14.2 Å². The summed E-state index contributed by atoms with van der Waals surface area (Å²) in [5.74, 6) is 0.674. The fourth-order valence-corrected chi connectivity index (χ4v) is 6.64. The minimum Gasteiger partial charge on any atom is -0.486 e. The zero-order valence-electron chi connectivity index (χ0n) is 20.0. The molecule has 34 heavy (non-hydrogen) atoms. The molecule has 5 atom stereocenters. The Morgan fingerprint density at radius 1 is 1.09 bits per heavy atom. The first-order valence-electron chi connectivity index (χ1n) is 12.1. The summed E-state index contributed by atoms with van der Waals surface area (Å²) in [6, 6.07) is 3.52. The molecule has 1 N–H and O–H groups in total. The number of nitrogens with zero attached hydrogens (tertiary/aromatic N) is 1. The molecule has 3 aliphatic rings. The fraction of sp³-hybridized carbons (Fsp3) is 0.667. The molecule has 0 aromatic heterocycles. The lowest BCUT2D eigenvalue weighted by atomic mass is 9.78. The quantitative estimate of drug-likeness (QED) is 0.605. The van der Waals surface area contributed by atoms with Crippen LogP contribution in [0.3, 0.4) is 0 Å². The Balaban J connectivity index is 1.41. The van der Waals surface area contributed by atoms with Crippen molar-refractivity contribution in [2.24, 2.45) is 11.8 Å². The SMILES string of the molecule is C[C@H]1[C@@H](C)CCC[C@H]1NC(=O)[C@H](C)OC(=O)[C@@H]1CCCN1S(=O)(=O)c1ccc2c(c1)OCCO2. The molecule has 1 saturated heterocycles. The first-order chi connectivity index (χ1) is 16.2. The second-order valence-corrected chi connectivity index (χ2v) is 11.4. The maximum atomic E-state index is 13.3. The molecule has 1 amide bonds. The zero-order chi connectivity index (χ0) is 24.5. The molecule has 2 heterocycles. The van der Waals surface area contributed by atoms with Crippen molar-refractivity contribution in [1.29, 1.82) is 0 Å². The van der Waals surface area contributed by atoms with Crippen molar-refractivity contribution < 1.29 is 32.2 Å². The van der Waals surface area contributed by atoms with Crippen LogP contribution >= 0.6 is 0 Å². The van der Waals surface area contributed by atoms with Gasteiger partial charge in [-0.2, -0.15) is 4.31 Å². The van der Waals surface area contributed by atoms with E-state index in [2.05, 4.69) is 19.2 Å². The molecule has 1 saturated carbocycles. The summed E-state index contributed by atoms with van der Waals surface area (Å²) in [5, 5.41) is 3.02. The van der Waals surface area contributed by atoms with Crippen molar-refractivity contribution in [3.05, 3.63) is 18.2 Å². The second-order valence-electron chi connectivity index (χ2n) is 9.54. The van der Waals surface area contributed by atoms with Gasteiger partial charge in [-0.05, 0) is 50.2 Å². The van der Waals surface area contributed by atoms with Gasteiger partial charge in [-0.15, -0.1) is 0 Å². The molecule has 0 bridgehead atoms. The van der Waals surface area contributed by atoms with E-state index < -0.39 is 28.1 Å². The number of carbonyl (C=O) groups is 2. The van der Waals surface area contributed by atoms with E-state index in [1.165, 1.54) is 19.1 Å². The van der Waals surface area contributed by atoms with Gasteiger partial charge in [0.1, 0.15) is 19.3 Å². The van der Waals surface area contributed by atoms with Crippen molar-refractivity contribution in [2.45, 2.75) is 76.0 Å². The molecule has 1 aromatic carbocycles. The van der Waals surface area contributed by atoms with E-state index in [0.29, 0.717) is 49.4 Å². The van der Waals surface area contributed by atoms with E-state index in [1.54, 1.807) is 6.07 Å². The molecular formula is C24H34N2O7S. The van der Waals surface area contributed by atoms with Crippen LogP contribution in [0.4, 0.5) is 0 Å². The molecule has 10 heteroatoms. The van der Waals surface area contributed by atoms with Gasteiger partial charge in [0.05, 0.1) is 4.90 Å². The molecule has 1 aliphatic carbocycles. The van der Waals surface area contributed by atoms with E-state index in [0.717, 1.165) is 23.6 Å². The van der Waals surface area contributed by atoms with Crippen LogP contribution in [-0.2, 0) is 24.3 Å². The average molecular weight is 495 g/mol. The third-order valence-corrected chi connectivity index (χ3v) is 9.20. The smallest absolute Gasteiger partial charge is 0.325 e. The highest BCUT2D eigenvalue weighted by Gasteiger charge is 2.42. The Labute approximate surface area is 201 Å². The lowest BCUT2D eigenvalue weighted by Crippen LogP contribution is -2.49. The number of rotatable bonds is 6. The number of fused-ring (bicyclic) bond motifs is 1. The molecule has 2 aliphatic heterocycles. The van der Waals surface area contributed by atoms with Crippen molar-refractivity contribution in [3.8, 4) is 11.5 Å². The van der Waals surface area contributed by atoms with Crippen LogP contribution in [0.25, 0.3) is 0 Å². The molecule has 0 unspecified atom stereocenters. The van der Waals surface area contributed by atoms with Gasteiger partial charge in [-0.25, -0.2) is 8.42 Å². The number of esters is 1. The van der Waals surface area contributed by atoms with Crippen LogP contribution in [-0.4, -0.2) is 62.5 Å². The Bertz CT molecular complexity index is 1030. The third kappa shape index (κ3) is 5.02. The topological polar surface area (TPSA) is 111 Å². The highest BCUT2D eigenvalue weighted by Crippen LogP contribution is 2.35. The van der Waals surface area contributed by atoms with Gasteiger partial charge in [-0.3, -0.25) is 9.59 Å². The van der Waals surface area contributed by atoms with E-state index in [1.807, 2.05) is 0 Å². The second kappa shape index (κ2) is 10.1. The highest BCUT2D eigenvalue weighted by atomic mass is 32.2. The standard InChI is InChI=1S/C24H34N2O7S/c1-15-6-4-7-19(16(15)2)25-23(27)17(3)33-24(28)20-8-5-11-26(20)34(29,30)18-9-10-21-22(14-18)32-13-12-31-21/h9-10,14-17,19-20H,4-8,11-13H2,1-3H3,(H,25,27)/t15-,16-,17-,19+,20-/m0/s1. The van der Waals surface area contributed by atoms with Crippen molar-refractivity contribution in [2.75, 3.05) is 19.8 Å². The van der Waals surface area contributed by atoms with Crippen LogP contribution in [0.5, 0.6) is 11.5 Å². The predicted molar refractivity (Wildman–Crippen MR) is 124 cm³/mol. The minimum absolute atomic E-state index is 0.0302. The molecule has 0 radical (unpaired) electrons. The molecule has 9 nitrogen and oxygen atoms in total. The summed E-state index contributed by atoms with van der Waals surface area (Å²) < 4.78 is 44.2. The molecule has 2 fully saturated rings. The van der Waals surface area contributed by atoms with Gasteiger partial charge in [0.2, 0.25) is 10.0 Å². The van der Waals surface area contributed by atoms with E-state index in [9.17, 15) is 18.0 Å². The van der Waals surface area contributed by atoms with Crippen LogP contribution in [0.15, 0.2) is 23.1 Å². The Hall–Kier alpha value is -2.33. The summed E-state index contributed by atoms with van der Waals surface area (Å²) in [6.45, 7) is 6.79. The van der Waals surface area contributed by atoms with Gasteiger partial charge in [0, 0.05) is 18.7 Å². The third-order valence-electron chi connectivity index (χ3n) is 7.29. The highest BCUT2D eigenvalue weighted by molar-refractivity contribution is 7.89. The van der Waals surface area contributed by atoms with Gasteiger partial charge in [0.25, 0.3) is 5.91 Å². The molecular weight excluding hydrogens is 460 g/mol. The first kappa shape index (κ1) is 24.8. The Morgan fingerprint density at radius 3 is 2.59 bits per heavy atom. The van der Waals surface area contributed by atoms with Crippen LogP contribution in [0.1, 0.15) is 52.9 Å². The number of ether oxygens (including phenoxy) is 3. The van der Waals surface area contributed by atoms with Crippen LogP contribution in [0, 0.1) is 11.8 Å². The van der Waals surface area contributed by atoms with Crippen molar-refractivity contribution in [1.82, 2.24) is 9.62 Å². The first-order valence-corrected chi connectivity index (χ1v) is 13.5. The molecule has 0 spiro atoms. The summed E-state index contributed by atoms with van der Waals surface area (Å²) >= 11 is 0. The number of benzene rings is 1. The fourth-order valence-electron chi connectivity index (χ4n) is 4.98. The predicted octanol–water partition coefficient (Wildman–Crippen LogP) is 2.48. The van der Waals surface area contributed by atoms with Crippen LogP contribution < -0.4 is 14.8 Å². The monoisotopic (exact) mass is 494 g/mol. The molecule has 188 valence electrons. The Kier molecular flexibility index (Phi) is 7.37. The van der Waals surface area contributed by atoms with Gasteiger partial charge in [-0.1, -0.05) is 26.7 Å². The van der Waals surface area contributed by atoms with E-state index in [-0.39, 0.29) is 23.4 Å². The maximum absolute atomic E-state index is 13.3. The number of hydrogen-bond donors (Lipinski definition) is 1. The van der Waals surface area contributed by atoms with E-state index >= 15 is 0 Å². The number of amides is 1. The van der Waals surface area contributed by atoms with Gasteiger partial charge < -0.3 is 19.5 Å². The maximum Gasteiger partial charge on any atom is 0.325 e. The summed E-state index contributed by atoms with van der Waals surface area (Å²) in [5.41, 5.74) is 0. The molecule has 1 aromatic rings. The normalized spacial score (nSPS) is 28.2. The number of carbonyl (C=O) groups excluding carboxylic acids is 2. The van der Waals surface area contributed by atoms with Crippen molar-refractivity contribution >= 4 is 21.9 Å². The van der Waals surface area contributed by atoms with Gasteiger partial charge in [0.15, 0.2) is 17.6 Å². The minimum atomic E-state index is -3.96. The lowest BCUT2D eigenvalue weighted by molar-refractivity contribution is -0.158. The van der Waals surface area contributed by atoms with Gasteiger partial charge >= 0.3 is 5.97 Å². The average Bonchev–Trinajstić information content (AvgIpc) is 3.33. The number of sulfonamides is 1. The largest absolute Gasteiger partial charge is 0.486 e. The number of hydrogen-bond acceptors (Lipinski definition) is 7. The van der Waals surface area contributed by atoms with Crippen LogP contribution in [0.2, 0.25) is 0 Å². The van der Waals surface area contributed by atoms with Crippen molar-refractivity contribution in [3.63, 3.8) is 0 Å². The summed E-state index contributed by atoms with van der Waals surface area (Å²) in [6.07, 6.45) is 2.97. The summed E-state index contributed by atoms with van der Waals surface area (Å²) in [4.78, 5) is 25.7. The number of nitrogens with one attached hydrogen (secondary N) is 1. The lowest BCUT2D eigenvalue weighted by Gasteiger charge is -2.35.